The zero-order valence-corrected chi connectivity index (χ0v) is 15.5. The number of carboxylic acid groups (broad SMARTS) is 1. The predicted molar refractivity (Wildman–Crippen MR) is 100 cm³/mol. The fourth-order valence-electron chi connectivity index (χ4n) is 2.39. The predicted octanol–water partition coefficient (Wildman–Crippen LogP) is 4.17. The van der Waals surface area contributed by atoms with E-state index < -0.39 is 16.1 Å². The third-order valence-corrected chi connectivity index (χ3v) is 4.16. The van der Waals surface area contributed by atoms with E-state index in [1.165, 1.54) is 6.07 Å². The van der Waals surface area contributed by atoms with Crippen LogP contribution >= 0.6 is 0 Å². The molecule has 0 unspecified atom stereocenters. The number of nitrogens with zero attached hydrogens (tertiary/aromatic N) is 1. The second-order valence-electron chi connectivity index (χ2n) is 6.85. The number of sulfonamides is 1. The summed E-state index contributed by atoms with van der Waals surface area (Å²) in [4.78, 5) is 13.0. The Hall–Kier alpha value is -2.54. The quantitative estimate of drug-likeness (QED) is 0.854. The van der Waals surface area contributed by atoms with Crippen LogP contribution in [0.4, 0.5) is 21.9 Å². The van der Waals surface area contributed by atoms with E-state index >= 15 is 0 Å². The molecule has 0 spiro atoms. The number of amides is 1. The van der Waals surface area contributed by atoms with E-state index in [9.17, 15) is 18.3 Å². The normalized spacial score (nSPS) is 11.8. The largest absolute Gasteiger partial charge is 0.464 e. The van der Waals surface area contributed by atoms with Crippen molar-refractivity contribution in [1.82, 2.24) is 0 Å². The molecule has 0 aromatic heterocycles. The molecule has 0 aliphatic rings. The summed E-state index contributed by atoms with van der Waals surface area (Å²) in [7, 11) is -3.48. The number of benzene rings is 2. The van der Waals surface area contributed by atoms with Gasteiger partial charge in [0.1, 0.15) is 0 Å². The molecule has 0 radical (unpaired) electrons. The molecule has 25 heavy (non-hydrogen) atoms. The summed E-state index contributed by atoms with van der Waals surface area (Å²) in [6, 6.07) is 13.6. The molecule has 2 N–H and O–H groups in total. The molecule has 0 saturated heterocycles. The van der Waals surface area contributed by atoms with Crippen LogP contribution in [0.3, 0.4) is 0 Å². The van der Waals surface area contributed by atoms with Gasteiger partial charge in [-0.15, -0.1) is 0 Å². The molecule has 1 amide bonds. The molecule has 7 heteroatoms. The second kappa shape index (κ2) is 6.76. The molecule has 2 aromatic carbocycles. The van der Waals surface area contributed by atoms with Gasteiger partial charge in [0.2, 0.25) is 10.0 Å². The van der Waals surface area contributed by atoms with Crippen LogP contribution in [0.15, 0.2) is 48.5 Å². The van der Waals surface area contributed by atoms with Gasteiger partial charge in [0.05, 0.1) is 23.3 Å². The molecule has 6 nitrogen and oxygen atoms in total. The van der Waals surface area contributed by atoms with Gasteiger partial charge in [-0.1, -0.05) is 39.0 Å². The molecule has 2 rings (SSSR count). The Morgan fingerprint density at radius 1 is 1.04 bits per heavy atom. The summed E-state index contributed by atoms with van der Waals surface area (Å²) in [6.45, 7) is 5.93. The van der Waals surface area contributed by atoms with Crippen molar-refractivity contribution >= 4 is 33.2 Å². The summed E-state index contributed by atoms with van der Waals surface area (Å²) < 4.78 is 25.6. The summed E-state index contributed by atoms with van der Waals surface area (Å²) in [5, 5.41) is 9.68. The minimum atomic E-state index is -3.48. The molecule has 2 aromatic rings. The van der Waals surface area contributed by atoms with Crippen molar-refractivity contribution in [3.05, 3.63) is 54.1 Å². The van der Waals surface area contributed by atoms with Gasteiger partial charge < -0.3 is 5.11 Å². The highest BCUT2D eigenvalue weighted by atomic mass is 32.2. The number of rotatable bonds is 4. The molecule has 0 aliphatic carbocycles. The summed E-state index contributed by atoms with van der Waals surface area (Å²) in [6.07, 6.45) is -0.0923. The van der Waals surface area contributed by atoms with E-state index in [-0.39, 0.29) is 5.41 Å². The van der Waals surface area contributed by atoms with Gasteiger partial charge >= 0.3 is 6.09 Å². The van der Waals surface area contributed by atoms with Crippen molar-refractivity contribution in [2.24, 2.45) is 0 Å². The maximum Gasteiger partial charge on any atom is 0.416 e. The summed E-state index contributed by atoms with van der Waals surface area (Å²) >= 11 is 0. The third-order valence-electron chi connectivity index (χ3n) is 3.55. The van der Waals surface area contributed by atoms with Crippen molar-refractivity contribution < 1.29 is 18.3 Å². The van der Waals surface area contributed by atoms with E-state index in [4.69, 9.17) is 0 Å². The van der Waals surface area contributed by atoms with Crippen molar-refractivity contribution in [2.75, 3.05) is 15.9 Å². The van der Waals surface area contributed by atoms with Crippen molar-refractivity contribution in [1.29, 1.82) is 0 Å². The van der Waals surface area contributed by atoms with E-state index in [1.807, 2.05) is 20.8 Å². The minimum absolute atomic E-state index is 0.287. The van der Waals surface area contributed by atoms with Crippen LogP contribution in [0.1, 0.15) is 26.3 Å². The molecule has 0 fully saturated rings. The number of nitrogens with one attached hydrogen (secondary N) is 1. The highest BCUT2D eigenvalue weighted by molar-refractivity contribution is 7.92. The maximum atomic E-state index is 11.8. The van der Waals surface area contributed by atoms with E-state index in [0.717, 1.165) is 16.7 Å². The Balaban J connectivity index is 2.65. The zero-order chi connectivity index (χ0) is 18.8. The Morgan fingerprint density at radius 3 is 2.12 bits per heavy atom. The lowest BCUT2D eigenvalue weighted by atomic mass is 9.86. The lowest BCUT2D eigenvalue weighted by Crippen LogP contribution is -2.25. The molecule has 134 valence electrons. The number of anilines is 3. The summed E-state index contributed by atoms with van der Waals surface area (Å²) in [5.41, 5.74) is 1.71. The summed E-state index contributed by atoms with van der Waals surface area (Å²) in [5.74, 6) is 0. The van der Waals surface area contributed by atoms with Crippen LogP contribution in [0.2, 0.25) is 0 Å². The average molecular weight is 362 g/mol. The van der Waals surface area contributed by atoms with E-state index in [0.29, 0.717) is 17.1 Å². The molecule has 0 heterocycles. The van der Waals surface area contributed by atoms with Crippen LogP contribution in [0.5, 0.6) is 0 Å². The van der Waals surface area contributed by atoms with Crippen LogP contribution in [0, 0.1) is 0 Å². The Bertz CT molecular complexity index is 872. The molecule has 0 aliphatic heterocycles. The fourth-order valence-corrected chi connectivity index (χ4v) is 2.94. The standard InChI is InChI=1S/C18H22N2O4S/c1-18(2,3)13-10-14(19-25(4,23)24)12-16(11-13)20(17(21)22)15-8-6-5-7-9-15/h5-12,19H,1-4H3,(H,21,22). The van der Waals surface area contributed by atoms with Gasteiger partial charge in [0.25, 0.3) is 0 Å². The highest BCUT2D eigenvalue weighted by Crippen LogP contribution is 2.34. The first kappa shape index (κ1) is 18.8. The van der Waals surface area contributed by atoms with Gasteiger partial charge in [-0.25, -0.2) is 18.1 Å². The minimum Gasteiger partial charge on any atom is -0.464 e. The monoisotopic (exact) mass is 362 g/mol. The lowest BCUT2D eigenvalue weighted by Gasteiger charge is -2.25. The van der Waals surface area contributed by atoms with Crippen LogP contribution in [-0.2, 0) is 15.4 Å². The molecule has 0 atom stereocenters. The number of hydrogen-bond acceptors (Lipinski definition) is 3. The van der Waals surface area contributed by atoms with Crippen molar-refractivity contribution in [3.63, 3.8) is 0 Å². The smallest absolute Gasteiger partial charge is 0.416 e. The second-order valence-corrected chi connectivity index (χ2v) is 8.59. The molecular formula is C18H22N2O4S. The Labute approximate surface area is 148 Å². The topological polar surface area (TPSA) is 86.7 Å². The molecule has 0 saturated carbocycles. The highest BCUT2D eigenvalue weighted by Gasteiger charge is 2.22. The SMILES string of the molecule is CC(C)(C)c1cc(NS(C)(=O)=O)cc(N(C(=O)O)c2ccccc2)c1. The Kier molecular flexibility index (Phi) is 5.08. The first-order valence-electron chi connectivity index (χ1n) is 7.69. The van der Waals surface area contributed by atoms with Gasteiger partial charge in [0, 0.05) is 0 Å². The van der Waals surface area contributed by atoms with Gasteiger partial charge in [-0.05, 0) is 41.3 Å². The van der Waals surface area contributed by atoms with Crippen molar-refractivity contribution in [2.45, 2.75) is 26.2 Å². The van der Waals surface area contributed by atoms with Crippen LogP contribution in [0.25, 0.3) is 0 Å². The van der Waals surface area contributed by atoms with Gasteiger partial charge in [-0.3, -0.25) is 4.72 Å². The lowest BCUT2D eigenvalue weighted by molar-refractivity contribution is 0.205. The van der Waals surface area contributed by atoms with E-state index in [1.54, 1.807) is 42.5 Å². The number of hydrogen-bond donors (Lipinski definition) is 2. The Morgan fingerprint density at radius 2 is 1.64 bits per heavy atom. The average Bonchev–Trinajstić information content (AvgIpc) is 2.45. The van der Waals surface area contributed by atoms with Gasteiger partial charge in [0.15, 0.2) is 0 Å². The van der Waals surface area contributed by atoms with E-state index in [2.05, 4.69) is 4.72 Å². The maximum absolute atomic E-state index is 11.8. The van der Waals surface area contributed by atoms with Crippen LogP contribution < -0.4 is 9.62 Å². The first-order valence-corrected chi connectivity index (χ1v) is 9.58. The zero-order valence-electron chi connectivity index (χ0n) is 14.6. The van der Waals surface area contributed by atoms with Gasteiger partial charge in [-0.2, -0.15) is 0 Å². The number of carbonyl (C=O) groups is 1. The van der Waals surface area contributed by atoms with Crippen LogP contribution in [-0.4, -0.2) is 25.9 Å². The number of para-hydroxylation sites is 1. The third kappa shape index (κ3) is 4.96. The van der Waals surface area contributed by atoms with Crippen molar-refractivity contribution in [3.8, 4) is 0 Å². The first-order chi connectivity index (χ1) is 11.5. The molecule has 0 bridgehead atoms. The fraction of sp³-hybridized carbons (Fsp3) is 0.278. The molecular weight excluding hydrogens is 340 g/mol.